The van der Waals surface area contributed by atoms with Gasteiger partial charge in [0.05, 0.1) is 17.5 Å². The molecule has 27 heavy (non-hydrogen) atoms. The first-order chi connectivity index (χ1) is 13.1. The topological polar surface area (TPSA) is 48.8 Å². The Balaban J connectivity index is 1.32. The summed E-state index contributed by atoms with van der Waals surface area (Å²) in [5.41, 5.74) is 1.28. The Bertz CT molecular complexity index is 793. The molecular formula is C20H26N4O2S. The fraction of sp³-hybridized carbons (Fsp3) is 0.500. The molecule has 2 aromatic heterocycles. The van der Waals surface area contributed by atoms with E-state index >= 15 is 0 Å². The normalized spacial score (nSPS) is 21.0. The molecule has 4 heterocycles. The summed E-state index contributed by atoms with van der Waals surface area (Å²) in [6, 6.07) is 8.31. The third kappa shape index (κ3) is 3.80. The summed E-state index contributed by atoms with van der Waals surface area (Å²) in [5.74, 6) is 0.264. The lowest BCUT2D eigenvalue weighted by Crippen LogP contribution is -2.52. The van der Waals surface area contributed by atoms with E-state index in [4.69, 9.17) is 0 Å². The second-order valence-corrected chi connectivity index (χ2v) is 8.27. The Kier molecular flexibility index (Phi) is 5.31. The maximum absolute atomic E-state index is 12.8. The maximum Gasteiger partial charge on any atom is 0.264 e. The molecule has 0 spiro atoms. The standard InChI is InChI=1S/C20H26N4O2S/c1-21-8-2-5-16(21)17-6-3-9-24(17)15-19(25)22-10-12-23(13-11-22)20(26)18-7-4-14-27-18/h2,4-5,7-8,14,17H,3,6,9-13,15H2,1H3/t17-/m0/s1. The average Bonchev–Trinajstić information content (AvgIpc) is 3.43. The Morgan fingerprint density at radius 2 is 1.85 bits per heavy atom. The molecule has 4 rings (SSSR count). The second-order valence-electron chi connectivity index (χ2n) is 7.32. The van der Waals surface area contributed by atoms with Crippen LogP contribution in [0.3, 0.4) is 0 Å². The molecule has 2 fully saturated rings. The van der Waals surface area contributed by atoms with Gasteiger partial charge in [0.15, 0.2) is 0 Å². The number of rotatable bonds is 4. The van der Waals surface area contributed by atoms with Gasteiger partial charge in [0.1, 0.15) is 0 Å². The Labute approximate surface area is 164 Å². The molecule has 2 saturated heterocycles. The van der Waals surface area contributed by atoms with Crippen molar-refractivity contribution in [3.8, 4) is 0 Å². The van der Waals surface area contributed by atoms with Crippen molar-refractivity contribution in [1.82, 2.24) is 19.3 Å². The lowest BCUT2D eigenvalue weighted by atomic mass is 10.1. The molecule has 6 nitrogen and oxygen atoms in total. The van der Waals surface area contributed by atoms with Gasteiger partial charge in [0, 0.05) is 45.1 Å². The van der Waals surface area contributed by atoms with Crippen molar-refractivity contribution in [2.24, 2.45) is 7.05 Å². The average molecular weight is 387 g/mol. The van der Waals surface area contributed by atoms with E-state index in [-0.39, 0.29) is 11.8 Å². The molecule has 2 amide bonds. The fourth-order valence-electron chi connectivity index (χ4n) is 4.16. The number of aryl methyl sites for hydroxylation is 1. The first kappa shape index (κ1) is 18.3. The zero-order valence-electron chi connectivity index (χ0n) is 15.7. The zero-order valence-corrected chi connectivity index (χ0v) is 16.5. The molecule has 0 radical (unpaired) electrons. The van der Waals surface area contributed by atoms with Crippen LogP contribution in [-0.2, 0) is 11.8 Å². The molecule has 0 unspecified atom stereocenters. The summed E-state index contributed by atoms with van der Waals surface area (Å²) in [5, 5.41) is 1.92. The lowest BCUT2D eigenvalue weighted by molar-refractivity contribution is -0.134. The van der Waals surface area contributed by atoms with E-state index in [1.165, 1.54) is 17.0 Å². The van der Waals surface area contributed by atoms with Gasteiger partial charge in [0.25, 0.3) is 5.91 Å². The van der Waals surface area contributed by atoms with Gasteiger partial charge in [-0.1, -0.05) is 6.07 Å². The molecule has 0 N–H and O–H groups in total. The van der Waals surface area contributed by atoms with Gasteiger partial charge >= 0.3 is 0 Å². The minimum Gasteiger partial charge on any atom is -0.353 e. The van der Waals surface area contributed by atoms with E-state index in [9.17, 15) is 9.59 Å². The quantitative estimate of drug-likeness (QED) is 0.810. The number of aromatic nitrogens is 1. The zero-order chi connectivity index (χ0) is 18.8. The first-order valence-corrected chi connectivity index (χ1v) is 10.5. The molecule has 1 atom stereocenters. The van der Waals surface area contributed by atoms with Crippen LogP contribution in [0.15, 0.2) is 35.8 Å². The van der Waals surface area contributed by atoms with Gasteiger partial charge in [-0.15, -0.1) is 11.3 Å². The summed E-state index contributed by atoms with van der Waals surface area (Å²) in [6.07, 6.45) is 4.30. The smallest absolute Gasteiger partial charge is 0.264 e. The number of hydrogen-bond donors (Lipinski definition) is 0. The number of nitrogens with zero attached hydrogens (tertiary/aromatic N) is 4. The third-order valence-electron chi connectivity index (χ3n) is 5.68. The highest BCUT2D eigenvalue weighted by atomic mass is 32.1. The summed E-state index contributed by atoms with van der Waals surface area (Å²) in [6.45, 7) is 3.91. The van der Waals surface area contributed by atoms with Crippen molar-refractivity contribution >= 4 is 23.2 Å². The van der Waals surface area contributed by atoms with Gasteiger partial charge in [-0.25, -0.2) is 0 Å². The highest BCUT2D eigenvalue weighted by Crippen LogP contribution is 2.31. The molecule has 7 heteroatoms. The fourth-order valence-corrected chi connectivity index (χ4v) is 4.85. The number of amides is 2. The van der Waals surface area contributed by atoms with E-state index < -0.39 is 0 Å². The molecule has 0 bridgehead atoms. The van der Waals surface area contributed by atoms with E-state index in [1.807, 2.05) is 27.3 Å². The SMILES string of the molecule is Cn1cccc1[C@@H]1CCCN1CC(=O)N1CCN(C(=O)c2cccs2)CC1. The highest BCUT2D eigenvalue weighted by Gasteiger charge is 2.31. The number of likely N-dealkylation sites (tertiary alicyclic amines) is 1. The van der Waals surface area contributed by atoms with E-state index in [0.717, 1.165) is 24.3 Å². The first-order valence-electron chi connectivity index (χ1n) is 9.59. The van der Waals surface area contributed by atoms with Crippen LogP contribution in [0.4, 0.5) is 0 Å². The summed E-state index contributed by atoms with van der Waals surface area (Å²) in [4.78, 5) is 32.1. The number of thiophene rings is 1. The van der Waals surface area contributed by atoms with E-state index in [1.54, 1.807) is 0 Å². The number of piperazine rings is 1. The molecule has 0 aliphatic carbocycles. The van der Waals surface area contributed by atoms with Crippen molar-refractivity contribution in [3.05, 3.63) is 46.4 Å². The monoisotopic (exact) mass is 386 g/mol. The van der Waals surface area contributed by atoms with Crippen molar-refractivity contribution in [2.45, 2.75) is 18.9 Å². The summed E-state index contributed by atoms with van der Waals surface area (Å²) in [7, 11) is 2.07. The molecule has 144 valence electrons. The molecule has 2 aromatic rings. The van der Waals surface area contributed by atoms with Gasteiger partial charge in [-0.3, -0.25) is 14.5 Å². The van der Waals surface area contributed by atoms with Gasteiger partial charge in [-0.05, 0) is 43.0 Å². The van der Waals surface area contributed by atoms with Crippen molar-refractivity contribution in [1.29, 1.82) is 0 Å². The lowest BCUT2D eigenvalue weighted by Gasteiger charge is -2.36. The molecule has 0 saturated carbocycles. The molecular weight excluding hydrogens is 360 g/mol. The van der Waals surface area contributed by atoms with E-state index in [2.05, 4.69) is 34.8 Å². The van der Waals surface area contributed by atoms with Crippen LogP contribution < -0.4 is 0 Å². The summed E-state index contributed by atoms with van der Waals surface area (Å²) < 4.78 is 2.16. The minimum absolute atomic E-state index is 0.0837. The molecule has 2 aliphatic heterocycles. The molecule has 2 aliphatic rings. The van der Waals surface area contributed by atoms with Crippen molar-refractivity contribution in [3.63, 3.8) is 0 Å². The van der Waals surface area contributed by atoms with Gasteiger partial charge < -0.3 is 14.4 Å². The van der Waals surface area contributed by atoms with Crippen LogP contribution in [0.2, 0.25) is 0 Å². The number of carbonyl (C=O) groups excluding carboxylic acids is 2. The van der Waals surface area contributed by atoms with Crippen LogP contribution in [-0.4, -0.2) is 70.3 Å². The predicted octanol–water partition coefficient (Wildman–Crippen LogP) is 2.21. The van der Waals surface area contributed by atoms with Crippen LogP contribution in [0.1, 0.15) is 34.2 Å². The maximum atomic E-state index is 12.8. The third-order valence-corrected chi connectivity index (χ3v) is 6.54. The van der Waals surface area contributed by atoms with Crippen LogP contribution in [0.25, 0.3) is 0 Å². The second kappa shape index (κ2) is 7.86. The van der Waals surface area contributed by atoms with Crippen LogP contribution >= 0.6 is 11.3 Å². The summed E-state index contributed by atoms with van der Waals surface area (Å²) >= 11 is 1.47. The van der Waals surface area contributed by atoms with Crippen molar-refractivity contribution < 1.29 is 9.59 Å². The Morgan fingerprint density at radius 3 is 2.52 bits per heavy atom. The van der Waals surface area contributed by atoms with Crippen LogP contribution in [0, 0.1) is 0 Å². The largest absolute Gasteiger partial charge is 0.353 e. The Morgan fingerprint density at radius 1 is 1.07 bits per heavy atom. The molecule has 0 aromatic carbocycles. The predicted molar refractivity (Wildman–Crippen MR) is 106 cm³/mol. The Hall–Kier alpha value is -2.12. The van der Waals surface area contributed by atoms with E-state index in [0.29, 0.717) is 38.8 Å². The number of hydrogen-bond acceptors (Lipinski definition) is 4. The van der Waals surface area contributed by atoms with Gasteiger partial charge in [-0.2, -0.15) is 0 Å². The highest BCUT2D eigenvalue weighted by molar-refractivity contribution is 7.12. The minimum atomic E-state index is 0.0837. The van der Waals surface area contributed by atoms with Crippen LogP contribution in [0.5, 0.6) is 0 Å². The van der Waals surface area contributed by atoms with Crippen molar-refractivity contribution in [2.75, 3.05) is 39.3 Å². The van der Waals surface area contributed by atoms with Gasteiger partial charge in [0.2, 0.25) is 5.91 Å². The number of carbonyl (C=O) groups is 2.